The molecule has 1 atom stereocenters. The van der Waals surface area contributed by atoms with Crippen LogP contribution in [0.5, 0.6) is 11.6 Å². The van der Waals surface area contributed by atoms with Crippen LogP contribution in [0.25, 0.3) is 0 Å². The number of sulfone groups is 1. The molecule has 1 amide bonds. The van der Waals surface area contributed by atoms with Gasteiger partial charge >= 0.3 is 6.18 Å². The minimum absolute atomic E-state index is 0.139. The van der Waals surface area contributed by atoms with E-state index in [2.05, 4.69) is 15.3 Å². The summed E-state index contributed by atoms with van der Waals surface area (Å²) in [6.45, 7) is 1.54. The zero-order valence-corrected chi connectivity index (χ0v) is 17.5. The third kappa shape index (κ3) is 5.40. The molecule has 2 aromatic rings. The van der Waals surface area contributed by atoms with Crippen molar-refractivity contribution in [3.05, 3.63) is 59.4 Å². The number of halogens is 3. The monoisotopic (exact) mass is 455 g/mol. The van der Waals surface area contributed by atoms with E-state index < -0.39 is 39.2 Å². The van der Waals surface area contributed by atoms with E-state index in [4.69, 9.17) is 4.74 Å². The summed E-state index contributed by atoms with van der Waals surface area (Å²) in [5, 5.41) is 3.47. The molecule has 1 N–H and O–H groups in total. The quantitative estimate of drug-likeness (QED) is 0.686. The van der Waals surface area contributed by atoms with E-state index in [1.807, 2.05) is 0 Å². The lowest BCUT2D eigenvalue weighted by Crippen LogP contribution is -2.33. The van der Waals surface area contributed by atoms with Crippen molar-refractivity contribution in [3.8, 4) is 11.6 Å². The standard InChI is InChI=1S/C20H20F3N3O4S/c1-13(8-11-31(2,28)29)25-16(27)15-12-24-18(19(9-10-19)20(21,22)23)26-17(15)30-14-6-4-3-5-7-14/h3-8,11-13H,9-10H2,1-2H3,(H,25,27)/b11-8+. The van der Waals surface area contributed by atoms with Gasteiger partial charge in [0, 0.05) is 23.9 Å². The highest BCUT2D eigenvalue weighted by Crippen LogP contribution is 2.58. The molecule has 1 aliphatic rings. The Morgan fingerprint density at radius 3 is 2.45 bits per heavy atom. The number of aromatic nitrogens is 2. The van der Waals surface area contributed by atoms with Gasteiger partial charge in [-0.3, -0.25) is 4.79 Å². The topological polar surface area (TPSA) is 98.2 Å². The van der Waals surface area contributed by atoms with Crippen LogP contribution in [0, 0.1) is 0 Å². The smallest absolute Gasteiger partial charge is 0.401 e. The van der Waals surface area contributed by atoms with Crippen LogP contribution in [0.4, 0.5) is 13.2 Å². The number of amides is 1. The van der Waals surface area contributed by atoms with Gasteiger partial charge < -0.3 is 10.1 Å². The van der Waals surface area contributed by atoms with E-state index in [0.29, 0.717) is 0 Å². The van der Waals surface area contributed by atoms with Gasteiger partial charge in [0.15, 0.2) is 9.84 Å². The summed E-state index contributed by atoms with van der Waals surface area (Å²) in [5.74, 6) is -1.21. The van der Waals surface area contributed by atoms with Crippen LogP contribution >= 0.6 is 0 Å². The van der Waals surface area contributed by atoms with Crippen molar-refractivity contribution in [1.82, 2.24) is 15.3 Å². The Kier molecular flexibility index (Phi) is 6.08. The molecule has 1 aromatic carbocycles. The SMILES string of the molecule is CC(/C=C/S(C)(=O)=O)NC(=O)c1cnc(C2(C(F)(F)F)CC2)nc1Oc1ccccc1. The van der Waals surface area contributed by atoms with Gasteiger partial charge in [-0.15, -0.1) is 0 Å². The Hall–Kier alpha value is -2.95. The minimum atomic E-state index is -4.52. The van der Waals surface area contributed by atoms with Crippen molar-refractivity contribution in [3.63, 3.8) is 0 Å². The van der Waals surface area contributed by atoms with E-state index in [9.17, 15) is 26.4 Å². The van der Waals surface area contributed by atoms with Crippen molar-refractivity contribution in [2.24, 2.45) is 0 Å². The molecular weight excluding hydrogens is 435 g/mol. The van der Waals surface area contributed by atoms with Crippen molar-refractivity contribution < 1.29 is 31.1 Å². The lowest BCUT2D eigenvalue weighted by atomic mass is 10.1. The van der Waals surface area contributed by atoms with Crippen LogP contribution in [0.15, 0.2) is 48.0 Å². The highest BCUT2D eigenvalue weighted by Gasteiger charge is 2.66. The van der Waals surface area contributed by atoms with Crippen molar-refractivity contribution in [1.29, 1.82) is 0 Å². The Balaban J connectivity index is 1.93. The molecule has 0 bridgehead atoms. The summed E-state index contributed by atoms with van der Waals surface area (Å²) < 4.78 is 68.6. The summed E-state index contributed by atoms with van der Waals surface area (Å²) in [4.78, 5) is 20.5. The number of carbonyl (C=O) groups is 1. The molecule has 1 heterocycles. The maximum atomic E-state index is 13.5. The second-order valence-electron chi connectivity index (χ2n) is 7.33. The molecule has 7 nitrogen and oxygen atoms in total. The van der Waals surface area contributed by atoms with Gasteiger partial charge in [0.05, 0.1) is 0 Å². The van der Waals surface area contributed by atoms with E-state index in [0.717, 1.165) is 17.9 Å². The number of ether oxygens (including phenoxy) is 1. The average molecular weight is 455 g/mol. The van der Waals surface area contributed by atoms with Crippen LogP contribution in [0.3, 0.4) is 0 Å². The van der Waals surface area contributed by atoms with Gasteiger partial charge in [-0.05, 0) is 31.9 Å². The summed E-state index contributed by atoms with van der Waals surface area (Å²) in [6.07, 6.45) is -1.53. The summed E-state index contributed by atoms with van der Waals surface area (Å²) in [6, 6.07) is 7.50. The molecule has 0 saturated heterocycles. The van der Waals surface area contributed by atoms with Crippen molar-refractivity contribution in [2.45, 2.75) is 37.4 Å². The molecule has 11 heteroatoms. The lowest BCUT2D eigenvalue weighted by Gasteiger charge is -2.19. The van der Waals surface area contributed by atoms with Crippen molar-refractivity contribution >= 4 is 15.7 Å². The van der Waals surface area contributed by atoms with Gasteiger partial charge in [0.25, 0.3) is 5.91 Å². The first kappa shape index (κ1) is 22.7. The van der Waals surface area contributed by atoms with Gasteiger partial charge in [-0.25, -0.2) is 13.4 Å². The zero-order valence-electron chi connectivity index (χ0n) is 16.7. The number of hydrogen-bond acceptors (Lipinski definition) is 6. The Morgan fingerprint density at radius 2 is 1.90 bits per heavy atom. The van der Waals surface area contributed by atoms with Gasteiger partial charge in [-0.1, -0.05) is 24.3 Å². The predicted octanol–water partition coefficient (Wildman–Crippen LogP) is 3.54. The fourth-order valence-corrected chi connectivity index (χ4v) is 3.30. The molecule has 3 rings (SSSR count). The third-order valence-electron chi connectivity index (χ3n) is 4.65. The van der Waals surface area contributed by atoms with E-state index in [1.165, 1.54) is 13.0 Å². The number of hydrogen-bond donors (Lipinski definition) is 1. The maximum absolute atomic E-state index is 13.5. The fraction of sp³-hybridized carbons (Fsp3) is 0.350. The normalized spacial score (nSPS) is 16.7. The number of carbonyl (C=O) groups excluding carboxylic acids is 1. The Labute approximate surface area is 177 Å². The summed E-state index contributed by atoms with van der Waals surface area (Å²) in [7, 11) is -3.39. The molecule has 0 aliphatic heterocycles. The van der Waals surface area contributed by atoms with Crippen LogP contribution in [-0.2, 0) is 15.3 Å². The van der Waals surface area contributed by atoms with Crippen molar-refractivity contribution in [2.75, 3.05) is 6.26 Å². The molecule has 0 spiro atoms. The highest BCUT2D eigenvalue weighted by molar-refractivity contribution is 7.93. The molecule has 1 aromatic heterocycles. The first-order valence-corrected chi connectivity index (χ1v) is 11.2. The fourth-order valence-electron chi connectivity index (χ4n) is 2.78. The molecule has 0 radical (unpaired) electrons. The average Bonchev–Trinajstić information content (AvgIpc) is 3.49. The van der Waals surface area contributed by atoms with Gasteiger partial charge in [-0.2, -0.15) is 18.2 Å². The Bertz CT molecular complexity index is 1100. The number of alkyl halides is 3. The van der Waals surface area contributed by atoms with Gasteiger partial charge in [0.2, 0.25) is 5.88 Å². The van der Waals surface area contributed by atoms with Crippen LogP contribution in [0.1, 0.15) is 35.9 Å². The summed E-state index contributed by atoms with van der Waals surface area (Å²) >= 11 is 0. The molecule has 1 aliphatic carbocycles. The minimum Gasteiger partial charge on any atom is -0.438 e. The van der Waals surface area contributed by atoms with Crippen LogP contribution in [0.2, 0.25) is 0 Å². The molecular formula is C20H20F3N3O4S. The van der Waals surface area contributed by atoms with E-state index in [-0.39, 0.29) is 30.0 Å². The second kappa shape index (κ2) is 8.29. The number of nitrogens with zero attached hydrogens (tertiary/aromatic N) is 2. The number of rotatable bonds is 7. The van der Waals surface area contributed by atoms with Crippen LogP contribution < -0.4 is 10.1 Å². The first-order valence-electron chi connectivity index (χ1n) is 9.27. The van der Waals surface area contributed by atoms with Gasteiger partial charge in [0.1, 0.15) is 22.6 Å². The molecule has 166 valence electrons. The molecule has 1 fully saturated rings. The number of nitrogens with one attached hydrogen (secondary N) is 1. The first-order chi connectivity index (χ1) is 14.4. The summed E-state index contributed by atoms with van der Waals surface area (Å²) in [5.41, 5.74) is -2.31. The molecule has 31 heavy (non-hydrogen) atoms. The predicted molar refractivity (Wildman–Crippen MR) is 106 cm³/mol. The second-order valence-corrected chi connectivity index (χ2v) is 9.26. The van der Waals surface area contributed by atoms with E-state index in [1.54, 1.807) is 30.3 Å². The number of para-hydroxylation sites is 1. The molecule has 1 unspecified atom stereocenters. The van der Waals surface area contributed by atoms with Crippen LogP contribution in [-0.4, -0.2) is 42.8 Å². The third-order valence-corrected chi connectivity index (χ3v) is 5.30. The largest absolute Gasteiger partial charge is 0.438 e. The number of benzene rings is 1. The molecule has 1 saturated carbocycles. The zero-order chi connectivity index (χ0) is 22.9. The maximum Gasteiger partial charge on any atom is 0.401 e. The van der Waals surface area contributed by atoms with E-state index >= 15 is 0 Å². The lowest BCUT2D eigenvalue weighted by molar-refractivity contribution is -0.162. The highest BCUT2D eigenvalue weighted by atomic mass is 32.2. The Morgan fingerprint density at radius 1 is 1.26 bits per heavy atom.